The van der Waals surface area contributed by atoms with Crippen LogP contribution in [0.1, 0.15) is 76.7 Å². The number of carbonyl (C=O) groups excluding carboxylic acids is 3. The summed E-state index contributed by atoms with van der Waals surface area (Å²) in [5.74, 6) is -1.23. The Hall–Kier alpha value is -2.57. The van der Waals surface area contributed by atoms with Gasteiger partial charge in [0.15, 0.2) is 0 Å². The lowest BCUT2D eigenvalue weighted by Gasteiger charge is -2.33. The van der Waals surface area contributed by atoms with Crippen molar-refractivity contribution in [3.8, 4) is 11.1 Å². The number of nitrogens with two attached hydrogens (primary N) is 1. The van der Waals surface area contributed by atoms with E-state index in [0.29, 0.717) is 48.3 Å². The average molecular weight is 587 g/mol. The summed E-state index contributed by atoms with van der Waals surface area (Å²) in [5, 5.41) is 4.22. The number of benzene rings is 2. The third kappa shape index (κ3) is 7.79. The van der Waals surface area contributed by atoms with Gasteiger partial charge in [-0.25, -0.2) is 0 Å². The Morgan fingerprint density at radius 2 is 1.85 bits per heavy atom. The van der Waals surface area contributed by atoms with Gasteiger partial charge in [0.25, 0.3) is 0 Å². The van der Waals surface area contributed by atoms with Crippen LogP contribution >= 0.6 is 23.2 Å². The smallest absolute Gasteiger partial charge is 0.245 e. The van der Waals surface area contributed by atoms with Crippen LogP contribution in [0, 0.1) is 17.8 Å². The van der Waals surface area contributed by atoms with Gasteiger partial charge >= 0.3 is 0 Å². The first-order valence-corrected chi connectivity index (χ1v) is 15.4. The average Bonchev–Trinajstić information content (AvgIpc) is 3.06. The van der Waals surface area contributed by atoms with Gasteiger partial charge in [-0.15, -0.1) is 0 Å². The Bertz CT molecular complexity index is 1200. The summed E-state index contributed by atoms with van der Waals surface area (Å²) in [6.07, 6.45) is 8.68. The highest BCUT2D eigenvalue weighted by atomic mass is 35.5. The van der Waals surface area contributed by atoms with Crippen molar-refractivity contribution in [1.29, 1.82) is 0 Å². The lowest BCUT2D eigenvalue weighted by atomic mass is 9.73. The number of rotatable bonds is 12. The molecule has 2 fully saturated rings. The molecule has 0 aromatic heterocycles. The van der Waals surface area contributed by atoms with E-state index in [1.165, 1.54) is 0 Å². The molecule has 1 heterocycles. The second kappa shape index (κ2) is 14.4. The van der Waals surface area contributed by atoms with Crippen molar-refractivity contribution in [3.63, 3.8) is 0 Å². The Kier molecular flexibility index (Phi) is 10.9. The SMILES string of the molecule is CCCC[C@H](C(N)=O)[C@@H](CC1CCC1)C(=O)N[C@H]1CCCCN(Cc2cccc(-c3ccc(Cl)cc3Cl)c2)C1=O. The molecule has 1 saturated carbocycles. The van der Waals surface area contributed by atoms with Gasteiger partial charge in [-0.05, 0) is 67.3 Å². The van der Waals surface area contributed by atoms with E-state index < -0.39 is 23.8 Å². The fraction of sp³-hybridized carbons (Fsp3) is 0.531. The van der Waals surface area contributed by atoms with Crippen LogP contribution in [0.5, 0.6) is 0 Å². The predicted octanol–water partition coefficient (Wildman–Crippen LogP) is 6.76. The maximum atomic E-state index is 13.7. The molecule has 0 spiro atoms. The lowest BCUT2D eigenvalue weighted by molar-refractivity contribution is -0.139. The van der Waals surface area contributed by atoms with Crippen molar-refractivity contribution in [1.82, 2.24) is 10.2 Å². The van der Waals surface area contributed by atoms with E-state index in [1.54, 1.807) is 6.07 Å². The Balaban J connectivity index is 1.48. The molecule has 1 aliphatic heterocycles. The van der Waals surface area contributed by atoms with E-state index in [4.69, 9.17) is 28.9 Å². The van der Waals surface area contributed by atoms with Gasteiger partial charge in [0.05, 0.1) is 0 Å². The molecule has 3 amide bonds. The first-order valence-electron chi connectivity index (χ1n) is 14.7. The summed E-state index contributed by atoms with van der Waals surface area (Å²) >= 11 is 12.5. The quantitative estimate of drug-likeness (QED) is 0.288. The number of likely N-dealkylation sites (tertiary alicyclic amines) is 1. The van der Waals surface area contributed by atoms with E-state index in [0.717, 1.165) is 61.6 Å². The molecule has 216 valence electrons. The van der Waals surface area contributed by atoms with Gasteiger partial charge in [0.1, 0.15) is 6.04 Å². The summed E-state index contributed by atoms with van der Waals surface area (Å²) < 4.78 is 0. The molecule has 8 heteroatoms. The van der Waals surface area contributed by atoms with Crippen LogP contribution < -0.4 is 11.1 Å². The van der Waals surface area contributed by atoms with Crippen LogP contribution in [0.2, 0.25) is 10.0 Å². The highest BCUT2D eigenvalue weighted by Crippen LogP contribution is 2.36. The zero-order valence-corrected chi connectivity index (χ0v) is 24.9. The summed E-state index contributed by atoms with van der Waals surface area (Å²) in [7, 11) is 0. The van der Waals surface area contributed by atoms with Crippen LogP contribution in [-0.2, 0) is 20.9 Å². The van der Waals surface area contributed by atoms with Crippen molar-refractivity contribution in [2.45, 2.75) is 83.7 Å². The minimum absolute atomic E-state index is 0.0765. The van der Waals surface area contributed by atoms with Crippen LogP contribution in [-0.4, -0.2) is 35.2 Å². The maximum absolute atomic E-state index is 13.7. The second-order valence-corrected chi connectivity index (χ2v) is 12.3. The predicted molar refractivity (Wildman–Crippen MR) is 161 cm³/mol. The van der Waals surface area contributed by atoms with Crippen molar-refractivity contribution in [3.05, 3.63) is 58.1 Å². The molecule has 3 atom stereocenters. The molecule has 0 radical (unpaired) electrons. The summed E-state index contributed by atoms with van der Waals surface area (Å²) in [5.41, 5.74) is 8.63. The van der Waals surface area contributed by atoms with E-state index in [2.05, 4.69) is 12.2 Å². The van der Waals surface area contributed by atoms with E-state index in [9.17, 15) is 14.4 Å². The highest BCUT2D eigenvalue weighted by Gasteiger charge is 2.38. The molecule has 1 aliphatic carbocycles. The van der Waals surface area contributed by atoms with Gasteiger partial charge in [0, 0.05) is 40.5 Å². The molecule has 4 rings (SSSR count). The van der Waals surface area contributed by atoms with Crippen LogP contribution in [0.15, 0.2) is 42.5 Å². The zero-order valence-electron chi connectivity index (χ0n) is 23.3. The second-order valence-electron chi connectivity index (χ2n) is 11.4. The topological polar surface area (TPSA) is 92.5 Å². The van der Waals surface area contributed by atoms with Gasteiger partial charge in [0.2, 0.25) is 17.7 Å². The molecule has 6 nitrogen and oxygen atoms in total. The largest absolute Gasteiger partial charge is 0.369 e. The molecule has 3 N–H and O–H groups in total. The van der Waals surface area contributed by atoms with Crippen LogP contribution in [0.25, 0.3) is 11.1 Å². The monoisotopic (exact) mass is 585 g/mol. The number of hydrogen-bond acceptors (Lipinski definition) is 3. The molecule has 0 unspecified atom stereocenters. The number of carbonyl (C=O) groups is 3. The van der Waals surface area contributed by atoms with Gasteiger partial charge < -0.3 is 16.0 Å². The molecule has 2 aromatic carbocycles. The first-order chi connectivity index (χ1) is 19.3. The van der Waals surface area contributed by atoms with E-state index >= 15 is 0 Å². The zero-order chi connectivity index (χ0) is 28.6. The Morgan fingerprint density at radius 3 is 2.52 bits per heavy atom. The number of halogens is 2. The Morgan fingerprint density at radius 1 is 1.05 bits per heavy atom. The molecule has 1 saturated heterocycles. The molecular formula is C32H41Cl2N3O3. The van der Waals surface area contributed by atoms with Gasteiger partial charge in [-0.3, -0.25) is 14.4 Å². The van der Waals surface area contributed by atoms with Crippen LogP contribution in [0.3, 0.4) is 0 Å². The Labute approximate surface area is 248 Å². The number of nitrogens with zero attached hydrogens (tertiary/aromatic N) is 1. The number of amides is 3. The molecule has 40 heavy (non-hydrogen) atoms. The van der Waals surface area contributed by atoms with Crippen LogP contribution in [0.4, 0.5) is 0 Å². The fourth-order valence-corrected chi connectivity index (χ4v) is 6.48. The number of primary amides is 1. The van der Waals surface area contributed by atoms with Crippen molar-refractivity contribution < 1.29 is 14.4 Å². The third-order valence-electron chi connectivity index (χ3n) is 8.51. The number of nitrogens with one attached hydrogen (secondary N) is 1. The van der Waals surface area contributed by atoms with Gasteiger partial charge in [-0.1, -0.05) is 86.5 Å². The standard InChI is InChI=1S/C32H41Cl2N3O3/c1-2-3-12-26(30(35)38)27(18-21-8-6-9-21)31(39)36-29-13-4-5-16-37(32(29)40)20-22-10-7-11-23(17-22)25-15-14-24(33)19-28(25)34/h7,10-11,14-15,17,19,21,26-27,29H,2-6,8-9,12-13,16,18,20H2,1H3,(H2,35,38)(H,36,39)/t26-,27+,29-/m0/s1. The van der Waals surface area contributed by atoms with E-state index in [1.807, 2.05) is 41.3 Å². The number of hydrogen-bond donors (Lipinski definition) is 2. The summed E-state index contributed by atoms with van der Waals surface area (Å²) in [6, 6.07) is 12.8. The minimum atomic E-state index is -0.604. The highest BCUT2D eigenvalue weighted by molar-refractivity contribution is 6.36. The van der Waals surface area contributed by atoms with E-state index in [-0.39, 0.29) is 11.8 Å². The lowest BCUT2D eigenvalue weighted by Crippen LogP contribution is -2.51. The van der Waals surface area contributed by atoms with Crippen molar-refractivity contribution in [2.75, 3.05) is 6.54 Å². The fourth-order valence-electron chi connectivity index (χ4n) is 5.96. The molecule has 0 bridgehead atoms. The maximum Gasteiger partial charge on any atom is 0.245 e. The third-order valence-corrected chi connectivity index (χ3v) is 9.06. The molecule has 2 aliphatic rings. The molecule has 2 aromatic rings. The summed E-state index contributed by atoms with van der Waals surface area (Å²) in [6.45, 7) is 3.14. The van der Waals surface area contributed by atoms with Crippen molar-refractivity contribution in [2.24, 2.45) is 23.5 Å². The summed E-state index contributed by atoms with van der Waals surface area (Å²) in [4.78, 5) is 41.6. The van der Waals surface area contributed by atoms with Crippen molar-refractivity contribution >= 4 is 40.9 Å². The first kappa shape index (κ1) is 30.4. The van der Waals surface area contributed by atoms with Gasteiger partial charge in [-0.2, -0.15) is 0 Å². The molecular weight excluding hydrogens is 545 g/mol. The minimum Gasteiger partial charge on any atom is -0.369 e. The number of unbranched alkanes of at least 4 members (excludes halogenated alkanes) is 1. The normalized spacial score (nSPS) is 19.4.